The lowest BCUT2D eigenvalue weighted by Crippen LogP contribution is -2.35. The molecule has 1 aromatic rings. The van der Waals surface area contributed by atoms with Crippen molar-refractivity contribution in [3.8, 4) is 0 Å². The first-order valence-corrected chi connectivity index (χ1v) is 4.80. The second kappa shape index (κ2) is 5.35. The van der Waals surface area contributed by atoms with Gasteiger partial charge in [0, 0.05) is 17.7 Å². The summed E-state index contributed by atoms with van der Waals surface area (Å²) in [6.45, 7) is 1.27. The zero-order valence-electron chi connectivity index (χ0n) is 9.01. The summed E-state index contributed by atoms with van der Waals surface area (Å²) in [6.07, 6.45) is 0. The van der Waals surface area contributed by atoms with Gasteiger partial charge >= 0.3 is 0 Å². The summed E-state index contributed by atoms with van der Waals surface area (Å²) in [4.78, 5) is 21.2. The minimum Gasteiger partial charge on any atom is -0.394 e. The average molecular weight is 242 g/mol. The highest BCUT2D eigenvalue weighted by Gasteiger charge is 2.15. The topological polar surface area (TPSA) is 92.5 Å². The molecule has 0 aliphatic carbocycles. The first-order valence-electron chi connectivity index (χ1n) is 4.80. The highest BCUT2D eigenvalue weighted by atomic mass is 19.1. The van der Waals surface area contributed by atoms with Gasteiger partial charge in [-0.3, -0.25) is 14.9 Å². The molecule has 1 rings (SSSR count). The SMILES string of the molecule is C[C@@H](CO)NC(=O)c1cc(F)cc([N+](=O)[O-])c1. The molecule has 0 heterocycles. The van der Waals surface area contributed by atoms with Crippen molar-refractivity contribution in [3.05, 3.63) is 39.7 Å². The summed E-state index contributed by atoms with van der Waals surface area (Å²) >= 11 is 0. The molecule has 0 aromatic heterocycles. The highest BCUT2D eigenvalue weighted by Crippen LogP contribution is 2.16. The van der Waals surface area contributed by atoms with Crippen molar-refractivity contribution >= 4 is 11.6 Å². The standard InChI is InChI=1S/C10H11FN2O4/c1-6(5-14)12-10(15)7-2-8(11)4-9(3-7)13(16)17/h2-4,6,14H,5H2,1H3,(H,12,15)/t6-/m0/s1. The van der Waals surface area contributed by atoms with Crippen LogP contribution in [0.5, 0.6) is 0 Å². The van der Waals surface area contributed by atoms with E-state index in [0.29, 0.717) is 0 Å². The Balaban J connectivity index is 2.97. The third-order valence-corrected chi connectivity index (χ3v) is 2.01. The third-order valence-electron chi connectivity index (χ3n) is 2.01. The number of carbonyl (C=O) groups is 1. The van der Waals surface area contributed by atoms with Gasteiger partial charge in [-0.25, -0.2) is 4.39 Å². The van der Waals surface area contributed by atoms with E-state index in [1.54, 1.807) is 6.92 Å². The molecule has 2 N–H and O–H groups in total. The molecular weight excluding hydrogens is 231 g/mol. The number of aliphatic hydroxyl groups excluding tert-OH is 1. The van der Waals surface area contributed by atoms with Crippen molar-refractivity contribution in [2.45, 2.75) is 13.0 Å². The summed E-state index contributed by atoms with van der Waals surface area (Å²) in [7, 11) is 0. The van der Waals surface area contributed by atoms with E-state index in [9.17, 15) is 19.3 Å². The van der Waals surface area contributed by atoms with E-state index < -0.39 is 28.4 Å². The zero-order valence-corrected chi connectivity index (χ0v) is 9.01. The van der Waals surface area contributed by atoms with E-state index >= 15 is 0 Å². The first kappa shape index (κ1) is 13.0. The van der Waals surface area contributed by atoms with Crippen LogP contribution in [0.4, 0.5) is 10.1 Å². The lowest BCUT2D eigenvalue weighted by Gasteiger charge is -2.10. The molecule has 17 heavy (non-hydrogen) atoms. The van der Waals surface area contributed by atoms with Gasteiger partial charge in [-0.15, -0.1) is 0 Å². The molecule has 0 aliphatic heterocycles. The van der Waals surface area contributed by atoms with Crippen molar-refractivity contribution in [1.29, 1.82) is 0 Å². The largest absolute Gasteiger partial charge is 0.394 e. The molecule has 92 valence electrons. The molecule has 0 saturated heterocycles. The van der Waals surface area contributed by atoms with Crippen LogP contribution in [-0.2, 0) is 0 Å². The van der Waals surface area contributed by atoms with Crippen LogP contribution in [0.1, 0.15) is 17.3 Å². The van der Waals surface area contributed by atoms with Gasteiger partial charge < -0.3 is 10.4 Å². The number of halogens is 1. The van der Waals surface area contributed by atoms with Crippen molar-refractivity contribution in [3.63, 3.8) is 0 Å². The molecule has 1 amide bonds. The maximum absolute atomic E-state index is 13.0. The minimum absolute atomic E-state index is 0.156. The number of hydrogen-bond donors (Lipinski definition) is 2. The predicted octanol–water partition coefficient (Wildman–Crippen LogP) is 0.845. The van der Waals surface area contributed by atoms with Crippen molar-refractivity contribution in [1.82, 2.24) is 5.32 Å². The number of nitro groups is 1. The van der Waals surface area contributed by atoms with Gasteiger partial charge in [0.15, 0.2) is 0 Å². The zero-order chi connectivity index (χ0) is 13.0. The van der Waals surface area contributed by atoms with Gasteiger partial charge in [-0.1, -0.05) is 0 Å². The van der Waals surface area contributed by atoms with Crippen LogP contribution in [0, 0.1) is 15.9 Å². The summed E-state index contributed by atoms with van der Waals surface area (Å²) < 4.78 is 13.0. The molecule has 0 radical (unpaired) electrons. The average Bonchev–Trinajstić information content (AvgIpc) is 2.27. The second-order valence-corrected chi connectivity index (χ2v) is 3.51. The van der Waals surface area contributed by atoms with E-state index in [4.69, 9.17) is 5.11 Å². The molecule has 1 atom stereocenters. The van der Waals surface area contributed by atoms with E-state index in [2.05, 4.69) is 5.32 Å². The van der Waals surface area contributed by atoms with Crippen LogP contribution in [0.15, 0.2) is 18.2 Å². The molecule has 0 spiro atoms. The van der Waals surface area contributed by atoms with E-state index in [1.807, 2.05) is 0 Å². The van der Waals surface area contributed by atoms with Gasteiger partial charge in [0.25, 0.3) is 11.6 Å². The third kappa shape index (κ3) is 3.49. The van der Waals surface area contributed by atoms with Gasteiger partial charge in [-0.05, 0) is 13.0 Å². The molecule has 0 aliphatic rings. The maximum atomic E-state index is 13.0. The Hall–Kier alpha value is -2.02. The lowest BCUT2D eigenvalue weighted by atomic mass is 10.1. The van der Waals surface area contributed by atoms with Crippen LogP contribution in [0.2, 0.25) is 0 Å². The number of nitrogens with one attached hydrogen (secondary N) is 1. The van der Waals surface area contributed by atoms with Crippen LogP contribution in [0.3, 0.4) is 0 Å². The number of hydrogen-bond acceptors (Lipinski definition) is 4. The van der Waals surface area contributed by atoms with Crippen LogP contribution < -0.4 is 5.32 Å². The van der Waals surface area contributed by atoms with Gasteiger partial charge in [-0.2, -0.15) is 0 Å². The molecule has 0 fully saturated rings. The number of nitro benzene ring substituents is 1. The van der Waals surface area contributed by atoms with Crippen molar-refractivity contribution in [2.24, 2.45) is 0 Å². The fourth-order valence-corrected chi connectivity index (χ4v) is 1.16. The van der Waals surface area contributed by atoms with Crippen molar-refractivity contribution in [2.75, 3.05) is 6.61 Å². The Morgan fingerprint density at radius 3 is 2.76 bits per heavy atom. The normalized spacial score (nSPS) is 11.9. The van der Waals surface area contributed by atoms with Gasteiger partial charge in [0.1, 0.15) is 5.82 Å². The Bertz CT molecular complexity index is 450. The number of carbonyl (C=O) groups excluding carboxylic acids is 1. The summed E-state index contributed by atoms with van der Waals surface area (Å²) in [5.74, 6) is -1.53. The van der Waals surface area contributed by atoms with Gasteiger partial charge in [0.2, 0.25) is 0 Å². The van der Waals surface area contributed by atoms with Gasteiger partial charge in [0.05, 0.1) is 17.6 Å². The van der Waals surface area contributed by atoms with E-state index in [1.165, 1.54) is 0 Å². The Morgan fingerprint density at radius 1 is 1.59 bits per heavy atom. The Morgan fingerprint density at radius 2 is 2.24 bits per heavy atom. The van der Waals surface area contributed by atoms with Crippen LogP contribution in [-0.4, -0.2) is 28.6 Å². The fraction of sp³-hybridized carbons (Fsp3) is 0.300. The number of amides is 1. The molecule has 0 saturated carbocycles. The lowest BCUT2D eigenvalue weighted by molar-refractivity contribution is -0.385. The monoisotopic (exact) mass is 242 g/mol. The molecule has 0 bridgehead atoms. The van der Waals surface area contributed by atoms with Crippen LogP contribution >= 0.6 is 0 Å². The number of rotatable bonds is 4. The quantitative estimate of drug-likeness (QED) is 0.604. The number of benzene rings is 1. The molecule has 1 aromatic carbocycles. The summed E-state index contributed by atoms with van der Waals surface area (Å²) in [6, 6.07) is 2.09. The van der Waals surface area contributed by atoms with E-state index in [-0.39, 0.29) is 12.2 Å². The fourth-order valence-electron chi connectivity index (χ4n) is 1.16. The second-order valence-electron chi connectivity index (χ2n) is 3.51. The predicted molar refractivity (Wildman–Crippen MR) is 57.1 cm³/mol. The first-order chi connectivity index (χ1) is 7.93. The highest BCUT2D eigenvalue weighted by molar-refractivity contribution is 5.95. The molecule has 0 unspecified atom stereocenters. The Labute approximate surface area is 96.2 Å². The molecule has 6 nitrogen and oxygen atoms in total. The number of aliphatic hydroxyl groups is 1. The summed E-state index contributed by atoms with van der Waals surface area (Å²) in [5.41, 5.74) is -0.649. The summed E-state index contributed by atoms with van der Waals surface area (Å²) in [5, 5.41) is 21.6. The van der Waals surface area contributed by atoms with E-state index in [0.717, 1.165) is 18.2 Å². The number of non-ortho nitro benzene ring substituents is 1. The Kier molecular flexibility index (Phi) is 4.11. The van der Waals surface area contributed by atoms with Crippen LogP contribution in [0.25, 0.3) is 0 Å². The molecule has 7 heteroatoms. The smallest absolute Gasteiger partial charge is 0.273 e. The maximum Gasteiger partial charge on any atom is 0.273 e. The minimum atomic E-state index is -0.860. The van der Waals surface area contributed by atoms with Crippen molar-refractivity contribution < 1.29 is 19.2 Å². The molecular formula is C10H11FN2O4. The number of nitrogens with zero attached hydrogens (tertiary/aromatic N) is 1.